The summed E-state index contributed by atoms with van der Waals surface area (Å²) in [6.07, 6.45) is 0.754. The predicted octanol–water partition coefficient (Wildman–Crippen LogP) is 3.47. The van der Waals surface area contributed by atoms with Gasteiger partial charge in [-0.05, 0) is 17.0 Å². The second kappa shape index (κ2) is 6.26. The number of nitrogens with two attached hydrogens (primary N) is 1. The molecule has 0 saturated carbocycles. The maximum absolute atomic E-state index is 5.89. The largest absolute Gasteiger partial charge is 0.325 e. The molecule has 0 fully saturated rings. The Hall–Kier alpha value is -2.98. The van der Waals surface area contributed by atoms with E-state index >= 15 is 0 Å². The van der Waals surface area contributed by atoms with Gasteiger partial charge >= 0.3 is 0 Å². The van der Waals surface area contributed by atoms with Gasteiger partial charge in [0.25, 0.3) is 0 Å². The molecule has 24 heavy (non-hydrogen) atoms. The highest BCUT2D eigenvalue weighted by atomic mass is 15.4. The smallest absolute Gasteiger partial charge is 0.100 e. The molecule has 0 aliphatic heterocycles. The Bertz CT molecular complexity index is 968. The Morgan fingerprint density at radius 2 is 1.58 bits per heavy atom. The van der Waals surface area contributed by atoms with Gasteiger partial charge in [-0.15, -0.1) is 5.10 Å². The van der Waals surface area contributed by atoms with E-state index in [2.05, 4.69) is 46.7 Å². The van der Waals surface area contributed by atoms with E-state index in [1.165, 1.54) is 10.9 Å². The summed E-state index contributed by atoms with van der Waals surface area (Å²) in [5.41, 5.74) is 10.0. The molecule has 0 bridgehead atoms. The third kappa shape index (κ3) is 2.57. The third-order valence-corrected chi connectivity index (χ3v) is 4.25. The number of rotatable bonds is 4. The lowest BCUT2D eigenvalue weighted by molar-refractivity contribution is 0.776. The maximum atomic E-state index is 5.89. The molecule has 0 radical (unpaired) electrons. The summed E-state index contributed by atoms with van der Waals surface area (Å²) in [6.45, 7) is 0.382. The lowest BCUT2D eigenvalue weighted by atomic mass is 10.1. The summed E-state index contributed by atoms with van der Waals surface area (Å²) in [7, 11) is 0. The average molecular weight is 314 g/mol. The van der Waals surface area contributed by atoms with Crippen LogP contribution in [0.15, 0.2) is 72.8 Å². The molecule has 0 saturated heterocycles. The minimum absolute atomic E-state index is 0.382. The van der Waals surface area contributed by atoms with Crippen molar-refractivity contribution in [1.82, 2.24) is 15.0 Å². The maximum Gasteiger partial charge on any atom is 0.100 e. The molecule has 4 rings (SSSR count). The molecule has 118 valence electrons. The quantitative estimate of drug-likeness (QED) is 0.627. The van der Waals surface area contributed by atoms with Crippen molar-refractivity contribution in [3.05, 3.63) is 89.7 Å². The highest BCUT2D eigenvalue weighted by molar-refractivity contribution is 5.90. The lowest BCUT2D eigenvalue weighted by Gasteiger charge is -2.11. The second-order valence-corrected chi connectivity index (χ2v) is 5.76. The molecule has 0 aliphatic rings. The molecule has 0 amide bonds. The van der Waals surface area contributed by atoms with Gasteiger partial charge in [-0.3, -0.25) is 0 Å². The third-order valence-electron chi connectivity index (χ3n) is 4.25. The van der Waals surface area contributed by atoms with E-state index in [0.29, 0.717) is 6.54 Å². The van der Waals surface area contributed by atoms with Crippen LogP contribution in [0.1, 0.15) is 17.0 Å². The van der Waals surface area contributed by atoms with Crippen LogP contribution in [-0.2, 0) is 13.0 Å². The van der Waals surface area contributed by atoms with E-state index in [4.69, 9.17) is 5.73 Å². The number of aromatic nitrogens is 3. The molecule has 4 aromatic rings. The van der Waals surface area contributed by atoms with E-state index in [-0.39, 0.29) is 0 Å². The van der Waals surface area contributed by atoms with Crippen molar-refractivity contribution in [1.29, 1.82) is 0 Å². The fraction of sp³-hybridized carbons (Fsp3) is 0.100. The van der Waals surface area contributed by atoms with Crippen molar-refractivity contribution >= 4 is 10.8 Å². The Balaban J connectivity index is 1.88. The zero-order chi connectivity index (χ0) is 16.4. The lowest BCUT2D eigenvalue weighted by Crippen LogP contribution is -2.07. The highest BCUT2D eigenvalue weighted by Crippen LogP contribution is 2.24. The summed E-state index contributed by atoms with van der Waals surface area (Å²) >= 11 is 0. The minimum Gasteiger partial charge on any atom is -0.325 e. The van der Waals surface area contributed by atoms with Gasteiger partial charge in [0.1, 0.15) is 5.69 Å². The van der Waals surface area contributed by atoms with Gasteiger partial charge in [-0.1, -0.05) is 71.9 Å². The Morgan fingerprint density at radius 1 is 0.833 bits per heavy atom. The van der Waals surface area contributed by atoms with Crippen molar-refractivity contribution in [3.8, 4) is 5.69 Å². The second-order valence-electron chi connectivity index (χ2n) is 5.76. The van der Waals surface area contributed by atoms with Gasteiger partial charge in [0.2, 0.25) is 0 Å². The van der Waals surface area contributed by atoms with Crippen LogP contribution in [0.2, 0.25) is 0 Å². The summed E-state index contributed by atoms with van der Waals surface area (Å²) in [5.74, 6) is 0. The zero-order valence-electron chi connectivity index (χ0n) is 13.3. The fourth-order valence-corrected chi connectivity index (χ4v) is 3.04. The Morgan fingerprint density at radius 3 is 2.42 bits per heavy atom. The molecule has 3 aromatic carbocycles. The summed E-state index contributed by atoms with van der Waals surface area (Å²) in [5, 5.41) is 11.0. The number of nitrogens with zero attached hydrogens (tertiary/aromatic N) is 3. The van der Waals surface area contributed by atoms with Gasteiger partial charge in [0.05, 0.1) is 11.4 Å². The summed E-state index contributed by atoms with van der Waals surface area (Å²) in [4.78, 5) is 0. The van der Waals surface area contributed by atoms with Crippen LogP contribution in [-0.4, -0.2) is 15.0 Å². The molecule has 2 N–H and O–H groups in total. The number of hydrogen-bond acceptors (Lipinski definition) is 3. The Kier molecular flexibility index (Phi) is 3.81. The standard InChI is InChI=1S/C20H18N4/c21-14-18-20(13-15-7-2-1-3-8-15)24(23-22-18)19-12-6-10-16-9-4-5-11-17(16)19/h1-12H,13-14,21H2. The summed E-state index contributed by atoms with van der Waals surface area (Å²) < 4.78 is 1.93. The van der Waals surface area contributed by atoms with Crippen molar-refractivity contribution in [2.75, 3.05) is 0 Å². The molecule has 0 atom stereocenters. The van der Waals surface area contributed by atoms with Gasteiger partial charge < -0.3 is 5.73 Å². The van der Waals surface area contributed by atoms with Crippen LogP contribution < -0.4 is 5.73 Å². The van der Waals surface area contributed by atoms with Crippen LogP contribution in [0, 0.1) is 0 Å². The SMILES string of the molecule is NCc1nnn(-c2cccc3ccccc23)c1Cc1ccccc1. The predicted molar refractivity (Wildman–Crippen MR) is 96.0 cm³/mol. The van der Waals surface area contributed by atoms with Gasteiger partial charge in [0, 0.05) is 18.4 Å². The molecule has 0 unspecified atom stereocenters. The first-order valence-electron chi connectivity index (χ1n) is 8.02. The van der Waals surface area contributed by atoms with E-state index in [0.717, 1.165) is 28.9 Å². The number of benzene rings is 3. The monoisotopic (exact) mass is 314 g/mol. The first-order valence-corrected chi connectivity index (χ1v) is 8.02. The van der Waals surface area contributed by atoms with Crippen LogP contribution in [0.4, 0.5) is 0 Å². The normalized spacial score (nSPS) is 11.0. The molecular formula is C20H18N4. The van der Waals surface area contributed by atoms with Crippen molar-refractivity contribution < 1.29 is 0 Å². The topological polar surface area (TPSA) is 56.7 Å². The van der Waals surface area contributed by atoms with Crippen LogP contribution in [0.3, 0.4) is 0 Å². The summed E-state index contributed by atoms with van der Waals surface area (Å²) in [6, 6.07) is 24.9. The number of hydrogen-bond donors (Lipinski definition) is 1. The van der Waals surface area contributed by atoms with Crippen molar-refractivity contribution in [3.63, 3.8) is 0 Å². The van der Waals surface area contributed by atoms with Gasteiger partial charge in [-0.25, -0.2) is 4.68 Å². The average Bonchev–Trinajstić information content (AvgIpc) is 3.04. The van der Waals surface area contributed by atoms with Crippen LogP contribution in [0.5, 0.6) is 0 Å². The molecule has 1 heterocycles. The van der Waals surface area contributed by atoms with E-state index in [9.17, 15) is 0 Å². The highest BCUT2D eigenvalue weighted by Gasteiger charge is 2.15. The van der Waals surface area contributed by atoms with E-state index < -0.39 is 0 Å². The van der Waals surface area contributed by atoms with Crippen LogP contribution >= 0.6 is 0 Å². The van der Waals surface area contributed by atoms with Crippen molar-refractivity contribution in [2.24, 2.45) is 5.73 Å². The molecular weight excluding hydrogens is 296 g/mol. The Labute approximate surface area is 140 Å². The number of fused-ring (bicyclic) bond motifs is 1. The molecule has 4 nitrogen and oxygen atoms in total. The molecule has 4 heteroatoms. The van der Waals surface area contributed by atoms with E-state index in [1.807, 2.05) is 41.1 Å². The first-order chi connectivity index (χ1) is 11.9. The van der Waals surface area contributed by atoms with E-state index in [1.54, 1.807) is 0 Å². The zero-order valence-corrected chi connectivity index (χ0v) is 13.3. The minimum atomic E-state index is 0.382. The fourth-order valence-electron chi connectivity index (χ4n) is 3.04. The van der Waals surface area contributed by atoms with Gasteiger partial charge in [-0.2, -0.15) is 0 Å². The van der Waals surface area contributed by atoms with Crippen molar-refractivity contribution in [2.45, 2.75) is 13.0 Å². The van der Waals surface area contributed by atoms with Gasteiger partial charge in [0.15, 0.2) is 0 Å². The molecule has 0 aliphatic carbocycles. The van der Waals surface area contributed by atoms with Crippen LogP contribution in [0.25, 0.3) is 16.5 Å². The first kappa shape index (κ1) is 14.6. The molecule has 0 spiro atoms. The molecule has 1 aromatic heterocycles.